The van der Waals surface area contributed by atoms with Crippen LogP contribution in [0.3, 0.4) is 0 Å². The van der Waals surface area contributed by atoms with E-state index in [1.54, 1.807) is 0 Å². The van der Waals surface area contributed by atoms with Crippen molar-refractivity contribution in [1.82, 2.24) is 0 Å². The number of hydrogen-bond acceptors (Lipinski definition) is 1. The van der Waals surface area contributed by atoms with Crippen LogP contribution in [-0.2, 0) is 0 Å². The quantitative estimate of drug-likeness (QED) is 0.635. The maximum atomic E-state index is 2.31. The highest BCUT2D eigenvalue weighted by Crippen LogP contribution is 2.33. The van der Waals surface area contributed by atoms with Crippen LogP contribution in [0, 0.1) is 0 Å². The van der Waals surface area contributed by atoms with Crippen LogP contribution in [-0.4, -0.2) is 4.75 Å². The molecule has 0 heterocycles. The van der Waals surface area contributed by atoms with Crippen LogP contribution in [0.4, 0.5) is 0 Å². The van der Waals surface area contributed by atoms with E-state index in [1.807, 2.05) is 11.8 Å². The summed E-state index contributed by atoms with van der Waals surface area (Å²) in [6.07, 6.45) is 0. The molecular formula is C13H20S. The summed E-state index contributed by atoms with van der Waals surface area (Å²) in [4.78, 5) is 1.38. The molecule has 1 heteroatoms. The monoisotopic (exact) mass is 208 g/mol. The lowest BCUT2D eigenvalue weighted by Gasteiger charge is -2.18. The first-order valence-corrected chi connectivity index (χ1v) is 5.99. The normalized spacial score (nSPS) is 12.1. The van der Waals surface area contributed by atoms with E-state index in [-0.39, 0.29) is 0 Å². The molecule has 0 saturated carbocycles. The molecule has 0 aliphatic carbocycles. The molecule has 0 amide bonds. The molecule has 0 unspecified atom stereocenters. The zero-order valence-electron chi connectivity index (χ0n) is 9.79. The van der Waals surface area contributed by atoms with Crippen LogP contribution in [0.5, 0.6) is 0 Å². The van der Waals surface area contributed by atoms with Crippen molar-refractivity contribution in [3.05, 3.63) is 29.8 Å². The van der Waals surface area contributed by atoms with Crippen molar-refractivity contribution in [3.63, 3.8) is 0 Å². The van der Waals surface area contributed by atoms with Gasteiger partial charge in [-0.05, 0) is 23.6 Å². The van der Waals surface area contributed by atoms with Crippen LogP contribution in [0.25, 0.3) is 0 Å². The third-order valence-electron chi connectivity index (χ3n) is 1.95. The summed E-state index contributed by atoms with van der Waals surface area (Å²) >= 11 is 1.93. The summed E-state index contributed by atoms with van der Waals surface area (Å²) in [6.45, 7) is 11.2. The molecule has 0 aromatic heterocycles. The van der Waals surface area contributed by atoms with Gasteiger partial charge in [-0.25, -0.2) is 0 Å². The fourth-order valence-corrected chi connectivity index (χ4v) is 2.34. The highest BCUT2D eigenvalue weighted by atomic mass is 32.2. The topological polar surface area (TPSA) is 0 Å². The van der Waals surface area contributed by atoms with E-state index < -0.39 is 0 Å². The van der Waals surface area contributed by atoms with E-state index in [2.05, 4.69) is 58.9 Å². The molecular weight excluding hydrogens is 188 g/mol. The van der Waals surface area contributed by atoms with Gasteiger partial charge in [0, 0.05) is 9.64 Å². The summed E-state index contributed by atoms with van der Waals surface area (Å²) in [6, 6.07) is 8.86. The molecule has 0 fully saturated rings. The molecule has 0 N–H and O–H groups in total. The molecule has 1 rings (SSSR count). The average Bonchev–Trinajstić information content (AvgIpc) is 2.01. The molecule has 1 aromatic carbocycles. The number of rotatable bonds is 2. The van der Waals surface area contributed by atoms with Gasteiger partial charge in [-0.1, -0.05) is 46.8 Å². The second-order valence-electron chi connectivity index (χ2n) is 4.94. The first-order valence-electron chi connectivity index (χ1n) is 5.17. The van der Waals surface area contributed by atoms with Crippen LogP contribution in [0.1, 0.15) is 46.1 Å². The van der Waals surface area contributed by atoms with Crippen LogP contribution >= 0.6 is 11.8 Å². The fraction of sp³-hybridized carbons (Fsp3) is 0.538. The summed E-state index contributed by atoms with van der Waals surface area (Å²) in [5, 5.41) is 0. The lowest BCUT2D eigenvalue weighted by atomic mass is 10.0. The third kappa shape index (κ3) is 3.75. The predicted molar refractivity (Wildman–Crippen MR) is 66.1 cm³/mol. The first-order chi connectivity index (χ1) is 6.38. The van der Waals surface area contributed by atoms with Gasteiger partial charge in [0.1, 0.15) is 0 Å². The van der Waals surface area contributed by atoms with Crippen molar-refractivity contribution in [2.75, 3.05) is 0 Å². The van der Waals surface area contributed by atoms with E-state index in [0.717, 1.165) is 0 Å². The zero-order chi connectivity index (χ0) is 10.8. The van der Waals surface area contributed by atoms with Gasteiger partial charge in [0.2, 0.25) is 0 Å². The average molecular weight is 208 g/mol. The molecule has 0 bridgehead atoms. The Labute approximate surface area is 92.1 Å². The van der Waals surface area contributed by atoms with Gasteiger partial charge in [-0.3, -0.25) is 0 Å². The molecule has 78 valence electrons. The lowest BCUT2D eigenvalue weighted by molar-refractivity contribution is 0.801. The molecule has 0 spiro atoms. The SMILES string of the molecule is CC(C)c1cccc(SC(C)(C)C)c1. The highest BCUT2D eigenvalue weighted by molar-refractivity contribution is 8.00. The van der Waals surface area contributed by atoms with Crippen LogP contribution in [0.15, 0.2) is 29.2 Å². The zero-order valence-corrected chi connectivity index (χ0v) is 10.6. The first kappa shape index (κ1) is 11.6. The summed E-state index contributed by atoms with van der Waals surface area (Å²) < 4.78 is 0.301. The molecule has 0 radical (unpaired) electrons. The van der Waals surface area contributed by atoms with E-state index in [4.69, 9.17) is 0 Å². The molecule has 14 heavy (non-hydrogen) atoms. The van der Waals surface area contributed by atoms with Gasteiger partial charge in [0.15, 0.2) is 0 Å². The van der Waals surface area contributed by atoms with Crippen molar-refractivity contribution >= 4 is 11.8 Å². The minimum atomic E-state index is 0.301. The van der Waals surface area contributed by atoms with Crippen molar-refractivity contribution in [3.8, 4) is 0 Å². The van der Waals surface area contributed by atoms with E-state index >= 15 is 0 Å². The van der Waals surface area contributed by atoms with Crippen molar-refractivity contribution in [2.24, 2.45) is 0 Å². The standard InChI is InChI=1S/C13H20S/c1-10(2)11-7-6-8-12(9-11)14-13(3,4)5/h6-10H,1-5H3. The van der Waals surface area contributed by atoms with Gasteiger partial charge in [0.05, 0.1) is 0 Å². The van der Waals surface area contributed by atoms with Crippen LogP contribution < -0.4 is 0 Å². The van der Waals surface area contributed by atoms with Gasteiger partial charge in [0.25, 0.3) is 0 Å². The third-order valence-corrected chi connectivity index (χ3v) is 3.05. The molecule has 0 aliphatic heterocycles. The van der Waals surface area contributed by atoms with Gasteiger partial charge in [-0.2, -0.15) is 0 Å². The molecule has 1 aromatic rings. The van der Waals surface area contributed by atoms with Gasteiger partial charge in [-0.15, -0.1) is 11.8 Å². The van der Waals surface area contributed by atoms with E-state index in [9.17, 15) is 0 Å². The molecule has 0 saturated heterocycles. The fourth-order valence-electron chi connectivity index (χ4n) is 1.29. The Morgan fingerprint density at radius 2 is 1.79 bits per heavy atom. The Bertz CT molecular complexity index is 294. The smallest absolute Gasteiger partial charge is 0.0122 e. The Balaban J connectivity index is 2.84. The Morgan fingerprint density at radius 1 is 1.14 bits per heavy atom. The number of hydrogen-bond donors (Lipinski definition) is 0. The van der Waals surface area contributed by atoms with E-state index in [0.29, 0.717) is 10.7 Å². The minimum absolute atomic E-state index is 0.301. The summed E-state index contributed by atoms with van der Waals surface area (Å²) in [5.74, 6) is 0.621. The predicted octanol–water partition coefficient (Wildman–Crippen LogP) is 4.70. The van der Waals surface area contributed by atoms with Crippen molar-refractivity contribution in [1.29, 1.82) is 0 Å². The van der Waals surface area contributed by atoms with Gasteiger partial charge < -0.3 is 0 Å². The molecule has 0 atom stereocenters. The highest BCUT2D eigenvalue weighted by Gasteiger charge is 2.12. The van der Waals surface area contributed by atoms with Gasteiger partial charge >= 0.3 is 0 Å². The lowest BCUT2D eigenvalue weighted by Crippen LogP contribution is -2.06. The molecule has 0 nitrogen and oxygen atoms in total. The van der Waals surface area contributed by atoms with E-state index in [1.165, 1.54) is 10.5 Å². The second kappa shape index (κ2) is 4.39. The summed E-state index contributed by atoms with van der Waals surface area (Å²) in [7, 11) is 0. The molecule has 0 aliphatic rings. The maximum Gasteiger partial charge on any atom is 0.0122 e. The maximum absolute atomic E-state index is 2.31. The van der Waals surface area contributed by atoms with Crippen molar-refractivity contribution < 1.29 is 0 Å². The minimum Gasteiger partial charge on any atom is -0.120 e. The largest absolute Gasteiger partial charge is 0.120 e. The Morgan fingerprint density at radius 3 is 2.29 bits per heavy atom. The Hall–Kier alpha value is -0.430. The van der Waals surface area contributed by atoms with Crippen molar-refractivity contribution in [2.45, 2.75) is 50.2 Å². The summed E-state index contributed by atoms with van der Waals surface area (Å²) in [5.41, 5.74) is 1.43. The number of benzene rings is 1. The Kier molecular flexibility index (Phi) is 3.65. The second-order valence-corrected chi connectivity index (χ2v) is 6.84. The number of thioether (sulfide) groups is 1. The van der Waals surface area contributed by atoms with Crippen LogP contribution in [0.2, 0.25) is 0 Å².